The molecule has 0 spiro atoms. The van der Waals surface area contributed by atoms with Crippen LogP contribution < -0.4 is 10.6 Å². The first-order valence-corrected chi connectivity index (χ1v) is 12.7. The van der Waals surface area contributed by atoms with Crippen LogP contribution in [-0.4, -0.2) is 69.6 Å². The van der Waals surface area contributed by atoms with Gasteiger partial charge in [0.1, 0.15) is 0 Å². The summed E-state index contributed by atoms with van der Waals surface area (Å²) >= 11 is 6.25. The molecule has 0 aromatic heterocycles. The zero-order chi connectivity index (χ0) is 24.3. The maximum absolute atomic E-state index is 13.0. The number of rotatable bonds is 9. The first-order valence-electron chi connectivity index (χ1n) is 12.3. The largest absolute Gasteiger partial charge is 0.453 e. The van der Waals surface area contributed by atoms with Gasteiger partial charge in [0.2, 0.25) is 0 Å². The smallest absolute Gasteiger partial charge is 0.406 e. The van der Waals surface area contributed by atoms with Crippen LogP contribution in [0.3, 0.4) is 0 Å². The first kappa shape index (κ1) is 26.6. The van der Waals surface area contributed by atoms with Crippen LogP contribution in [0, 0.1) is 11.8 Å². The average molecular weight is 496 g/mol. The second-order valence-electron chi connectivity index (χ2n) is 9.28. The van der Waals surface area contributed by atoms with Gasteiger partial charge in [0.25, 0.3) is 0 Å². The van der Waals surface area contributed by atoms with E-state index in [2.05, 4.69) is 22.3 Å². The van der Waals surface area contributed by atoms with Gasteiger partial charge in [-0.2, -0.15) is 0 Å². The number of benzene rings is 1. The van der Waals surface area contributed by atoms with Crippen molar-refractivity contribution in [2.45, 2.75) is 51.2 Å². The standard InChI is InChI=1S/C25H38ClN3O5/c1-18(14-19-6-5-12-33-17-19)28-24(30)29-11-4-8-21(16-29)23(20-7-3-9-22(26)15-20)34-13-10-27-25(31)32-2/h3,7,9,15,18-19,21,23H,4-6,8,10-14,16-17H2,1-2H3,(H,27,31)(H,28,30)/t18-,19-,21-,23+/m1/s1. The van der Waals surface area contributed by atoms with Gasteiger partial charge in [-0.15, -0.1) is 0 Å². The second-order valence-corrected chi connectivity index (χ2v) is 9.72. The highest BCUT2D eigenvalue weighted by Crippen LogP contribution is 2.34. The van der Waals surface area contributed by atoms with E-state index in [0.717, 1.165) is 57.4 Å². The Bertz CT molecular complexity index is 790. The predicted molar refractivity (Wildman–Crippen MR) is 131 cm³/mol. The number of piperidine rings is 1. The quantitative estimate of drug-likeness (QED) is 0.496. The van der Waals surface area contributed by atoms with Gasteiger partial charge in [0.15, 0.2) is 0 Å². The van der Waals surface area contributed by atoms with Gasteiger partial charge >= 0.3 is 12.1 Å². The van der Waals surface area contributed by atoms with E-state index >= 15 is 0 Å². The van der Waals surface area contributed by atoms with E-state index < -0.39 is 6.09 Å². The summed E-state index contributed by atoms with van der Waals surface area (Å²) < 4.78 is 16.4. The normalized spacial score (nSPS) is 22.5. The van der Waals surface area contributed by atoms with Gasteiger partial charge in [0.05, 0.1) is 19.8 Å². The SMILES string of the molecule is COC(=O)NCCO[C@@H](c1cccc(Cl)c1)[C@@H]1CCCN(C(=O)N[C@H](C)C[C@H]2CCCOC2)C1. The molecule has 3 rings (SSSR count). The molecule has 2 fully saturated rings. The van der Waals surface area contributed by atoms with Crippen LogP contribution in [0.2, 0.25) is 5.02 Å². The zero-order valence-electron chi connectivity index (χ0n) is 20.3. The van der Waals surface area contributed by atoms with E-state index in [-0.39, 0.29) is 24.1 Å². The Balaban J connectivity index is 1.58. The Kier molecular flexibility index (Phi) is 10.8. The van der Waals surface area contributed by atoms with E-state index in [1.165, 1.54) is 7.11 Å². The van der Waals surface area contributed by atoms with Crippen molar-refractivity contribution in [2.75, 3.05) is 46.6 Å². The first-order chi connectivity index (χ1) is 16.5. The average Bonchev–Trinajstić information content (AvgIpc) is 2.84. The van der Waals surface area contributed by atoms with Crippen LogP contribution in [0.15, 0.2) is 24.3 Å². The van der Waals surface area contributed by atoms with Crippen LogP contribution in [0.5, 0.6) is 0 Å². The van der Waals surface area contributed by atoms with Crippen LogP contribution >= 0.6 is 11.6 Å². The van der Waals surface area contributed by atoms with E-state index in [1.807, 2.05) is 29.2 Å². The number of methoxy groups -OCH3 is 1. The number of urea groups is 1. The van der Waals surface area contributed by atoms with Gasteiger partial charge in [-0.3, -0.25) is 0 Å². The van der Waals surface area contributed by atoms with Gasteiger partial charge in [-0.05, 0) is 62.6 Å². The Labute approximate surface area is 207 Å². The minimum atomic E-state index is -0.489. The number of halogens is 1. The van der Waals surface area contributed by atoms with Crippen molar-refractivity contribution >= 4 is 23.7 Å². The molecule has 8 nitrogen and oxygen atoms in total. The lowest BCUT2D eigenvalue weighted by atomic mass is 9.88. The summed E-state index contributed by atoms with van der Waals surface area (Å²) in [6.07, 6.45) is 4.33. The number of carbonyl (C=O) groups is 2. The minimum absolute atomic E-state index is 0.0221. The number of hydrogen-bond donors (Lipinski definition) is 2. The third-order valence-electron chi connectivity index (χ3n) is 6.52. The van der Waals surface area contributed by atoms with Crippen LogP contribution in [0.1, 0.15) is 50.7 Å². The lowest BCUT2D eigenvalue weighted by Crippen LogP contribution is -2.49. The Morgan fingerprint density at radius 2 is 2.15 bits per heavy atom. The van der Waals surface area contributed by atoms with Gasteiger partial charge in [0, 0.05) is 49.8 Å². The topological polar surface area (TPSA) is 89.1 Å². The van der Waals surface area contributed by atoms with Crippen molar-refractivity contribution in [1.82, 2.24) is 15.5 Å². The lowest BCUT2D eigenvalue weighted by molar-refractivity contribution is -0.00870. The molecule has 9 heteroatoms. The molecule has 1 aromatic carbocycles. The molecule has 2 aliphatic heterocycles. The van der Waals surface area contributed by atoms with Gasteiger partial charge < -0.3 is 29.7 Å². The van der Waals surface area contributed by atoms with Crippen LogP contribution in [-0.2, 0) is 14.2 Å². The highest BCUT2D eigenvalue weighted by Gasteiger charge is 2.32. The highest BCUT2D eigenvalue weighted by molar-refractivity contribution is 6.30. The Morgan fingerprint density at radius 3 is 2.88 bits per heavy atom. The highest BCUT2D eigenvalue weighted by atomic mass is 35.5. The van der Waals surface area contributed by atoms with Crippen molar-refractivity contribution in [3.8, 4) is 0 Å². The third kappa shape index (κ3) is 8.32. The fourth-order valence-corrected chi connectivity index (χ4v) is 5.09. The summed E-state index contributed by atoms with van der Waals surface area (Å²) in [6.45, 7) is 5.70. The molecule has 1 aromatic rings. The van der Waals surface area contributed by atoms with Crippen LogP contribution in [0.4, 0.5) is 9.59 Å². The maximum Gasteiger partial charge on any atom is 0.406 e. The monoisotopic (exact) mass is 495 g/mol. The molecule has 3 amide bonds. The lowest BCUT2D eigenvalue weighted by Gasteiger charge is -2.38. The molecule has 4 atom stereocenters. The van der Waals surface area contributed by atoms with Crippen molar-refractivity contribution in [1.29, 1.82) is 0 Å². The van der Waals surface area contributed by atoms with E-state index in [1.54, 1.807) is 0 Å². The predicted octanol–water partition coefficient (Wildman–Crippen LogP) is 4.38. The molecule has 2 aliphatic rings. The minimum Gasteiger partial charge on any atom is -0.453 e. The zero-order valence-corrected chi connectivity index (χ0v) is 21.0. The van der Waals surface area contributed by atoms with E-state index in [4.69, 9.17) is 21.1 Å². The fraction of sp³-hybridized carbons (Fsp3) is 0.680. The summed E-state index contributed by atoms with van der Waals surface area (Å²) in [4.78, 5) is 26.3. The number of nitrogens with one attached hydrogen (secondary N) is 2. The number of alkyl carbamates (subject to hydrolysis) is 1. The molecule has 0 aliphatic carbocycles. The number of hydrogen-bond acceptors (Lipinski definition) is 5. The summed E-state index contributed by atoms with van der Waals surface area (Å²) in [5.74, 6) is 0.635. The molecule has 190 valence electrons. The number of nitrogens with zero attached hydrogens (tertiary/aromatic N) is 1. The fourth-order valence-electron chi connectivity index (χ4n) is 4.90. The second kappa shape index (κ2) is 13.8. The number of carbonyl (C=O) groups excluding carboxylic acids is 2. The number of ether oxygens (including phenoxy) is 3. The van der Waals surface area contributed by atoms with E-state index in [0.29, 0.717) is 30.6 Å². The van der Waals surface area contributed by atoms with Gasteiger partial charge in [-0.25, -0.2) is 9.59 Å². The molecule has 0 unspecified atom stereocenters. The number of likely N-dealkylation sites (tertiary alicyclic amines) is 1. The summed E-state index contributed by atoms with van der Waals surface area (Å²) in [6, 6.07) is 7.73. The summed E-state index contributed by atoms with van der Waals surface area (Å²) in [7, 11) is 1.33. The van der Waals surface area contributed by atoms with Gasteiger partial charge in [-0.1, -0.05) is 23.7 Å². The molecule has 2 heterocycles. The number of amides is 3. The maximum atomic E-state index is 13.0. The molecular formula is C25H38ClN3O5. The summed E-state index contributed by atoms with van der Waals surface area (Å²) in [5, 5.41) is 6.47. The van der Waals surface area contributed by atoms with Crippen molar-refractivity contribution in [3.05, 3.63) is 34.9 Å². The van der Waals surface area contributed by atoms with Crippen molar-refractivity contribution < 1.29 is 23.8 Å². The molecule has 34 heavy (non-hydrogen) atoms. The summed E-state index contributed by atoms with van der Waals surface area (Å²) in [5.41, 5.74) is 0.975. The Morgan fingerprint density at radius 1 is 1.29 bits per heavy atom. The van der Waals surface area contributed by atoms with Crippen molar-refractivity contribution in [3.63, 3.8) is 0 Å². The molecule has 0 bridgehead atoms. The molecule has 0 radical (unpaired) electrons. The molecule has 2 saturated heterocycles. The Hall–Kier alpha value is -2.03. The molecule has 2 N–H and O–H groups in total. The van der Waals surface area contributed by atoms with Crippen LogP contribution in [0.25, 0.3) is 0 Å². The van der Waals surface area contributed by atoms with E-state index in [9.17, 15) is 9.59 Å². The van der Waals surface area contributed by atoms with Crippen molar-refractivity contribution in [2.24, 2.45) is 11.8 Å². The molecular weight excluding hydrogens is 458 g/mol. The molecule has 0 saturated carbocycles. The third-order valence-corrected chi connectivity index (χ3v) is 6.75.